The summed E-state index contributed by atoms with van der Waals surface area (Å²) in [7, 11) is 0. The first kappa shape index (κ1) is 23.8. The summed E-state index contributed by atoms with van der Waals surface area (Å²) in [5, 5.41) is 5.93. The SMILES string of the molecule is CC(C)CC(=O)NC(C(=O)NCCCN1CCN(c2ccccc2)CC1)c1ccccc1. The Kier molecular flexibility index (Phi) is 9.11. The van der Waals surface area contributed by atoms with E-state index in [1.165, 1.54) is 5.69 Å². The van der Waals surface area contributed by atoms with Crippen molar-refractivity contribution in [2.24, 2.45) is 5.92 Å². The molecule has 2 N–H and O–H groups in total. The largest absolute Gasteiger partial charge is 0.369 e. The molecule has 6 nitrogen and oxygen atoms in total. The van der Waals surface area contributed by atoms with E-state index < -0.39 is 6.04 Å². The van der Waals surface area contributed by atoms with Crippen LogP contribution in [0.1, 0.15) is 38.3 Å². The molecule has 0 saturated carbocycles. The van der Waals surface area contributed by atoms with E-state index in [1.54, 1.807) is 0 Å². The number of amides is 2. The second-order valence-corrected chi connectivity index (χ2v) is 8.82. The fraction of sp³-hybridized carbons (Fsp3) is 0.462. The van der Waals surface area contributed by atoms with Gasteiger partial charge in [0, 0.05) is 44.8 Å². The van der Waals surface area contributed by atoms with Crippen LogP contribution in [0.5, 0.6) is 0 Å². The summed E-state index contributed by atoms with van der Waals surface area (Å²) in [4.78, 5) is 30.0. The van der Waals surface area contributed by atoms with E-state index in [0.29, 0.717) is 13.0 Å². The molecule has 1 fully saturated rings. The molecule has 172 valence electrons. The van der Waals surface area contributed by atoms with E-state index in [9.17, 15) is 9.59 Å². The fourth-order valence-electron chi connectivity index (χ4n) is 4.02. The molecule has 32 heavy (non-hydrogen) atoms. The molecule has 0 bridgehead atoms. The lowest BCUT2D eigenvalue weighted by atomic mass is 10.0. The highest BCUT2D eigenvalue weighted by Gasteiger charge is 2.23. The maximum atomic E-state index is 12.9. The van der Waals surface area contributed by atoms with Crippen molar-refractivity contribution in [3.63, 3.8) is 0 Å². The van der Waals surface area contributed by atoms with Gasteiger partial charge in [-0.1, -0.05) is 62.4 Å². The Morgan fingerprint density at radius 3 is 2.16 bits per heavy atom. The molecule has 6 heteroatoms. The molecule has 0 aliphatic carbocycles. The van der Waals surface area contributed by atoms with Crippen molar-refractivity contribution in [2.75, 3.05) is 44.2 Å². The molecule has 0 radical (unpaired) electrons. The fourth-order valence-corrected chi connectivity index (χ4v) is 4.02. The van der Waals surface area contributed by atoms with Crippen molar-refractivity contribution in [1.82, 2.24) is 15.5 Å². The molecule has 1 saturated heterocycles. The van der Waals surface area contributed by atoms with E-state index in [0.717, 1.165) is 44.7 Å². The number of anilines is 1. The maximum Gasteiger partial charge on any atom is 0.247 e. The third-order valence-electron chi connectivity index (χ3n) is 5.74. The highest BCUT2D eigenvalue weighted by Crippen LogP contribution is 2.16. The molecule has 1 heterocycles. The molecule has 1 aliphatic rings. The van der Waals surface area contributed by atoms with Gasteiger partial charge in [-0.05, 0) is 36.6 Å². The van der Waals surface area contributed by atoms with Gasteiger partial charge in [0.15, 0.2) is 0 Å². The van der Waals surface area contributed by atoms with Crippen LogP contribution >= 0.6 is 0 Å². The lowest BCUT2D eigenvalue weighted by Gasteiger charge is -2.36. The zero-order chi connectivity index (χ0) is 22.8. The van der Waals surface area contributed by atoms with Crippen molar-refractivity contribution in [1.29, 1.82) is 0 Å². The van der Waals surface area contributed by atoms with E-state index in [2.05, 4.69) is 44.7 Å². The number of nitrogens with one attached hydrogen (secondary N) is 2. The average Bonchev–Trinajstić information content (AvgIpc) is 2.81. The molecule has 2 aromatic rings. The molecule has 1 aliphatic heterocycles. The van der Waals surface area contributed by atoms with E-state index >= 15 is 0 Å². The first-order valence-corrected chi connectivity index (χ1v) is 11.7. The van der Waals surface area contributed by atoms with Gasteiger partial charge in [-0.25, -0.2) is 0 Å². The first-order valence-electron chi connectivity index (χ1n) is 11.7. The van der Waals surface area contributed by atoms with Gasteiger partial charge in [-0.3, -0.25) is 14.5 Å². The third-order valence-corrected chi connectivity index (χ3v) is 5.74. The summed E-state index contributed by atoms with van der Waals surface area (Å²) in [5.41, 5.74) is 2.09. The summed E-state index contributed by atoms with van der Waals surface area (Å²) < 4.78 is 0. The van der Waals surface area contributed by atoms with Crippen LogP contribution in [0.25, 0.3) is 0 Å². The zero-order valence-electron chi connectivity index (χ0n) is 19.3. The van der Waals surface area contributed by atoms with Gasteiger partial charge in [0.05, 0.1) is 0 Å². The molecule has 1 unspecified atom stereocenters. The van der Waals surface area contributed by atoms with Crippen LogP contribution in [0.3, 0.4) is 0 Å². The van der Waals surface area contributed by atoms with Gasteiger partial charge in [-0.2, -0.15) is 0 Å². The number of carbonyl (C=O) groups excluding carboxylic acids is 2. The number of piperazine rings is 1. The van der Waals surface area contributed by atoms with Crippen molar-refractivity contribution in [2.45, 2.75) is 32.7 Å². The Labute approximate surface area is 192 Å². The Morgan fingerprint density at radius 1 is 0.906 bits per heavy atom. The van der Waals surface area contributed by atoms with Crippen LogP contribution in [0.15, 0.2) is 60.7 Å². The maximum absolute atomic E-state index is 12.9. The molecular formula is C26H36N4O2. The monoisotopic (exact) mass is 436 g/mol. The predicted molar refractivity (Wildman–Crippen MR) is 130 cm³/mol. The van der Waals surface area contributed by atoms with Crippen molar-refractivity contribution >= 4 is 17.5 Å². The van der Waals surface area contributed by atoms with Crippen molar-refractivity contribution < 1.29 is 9.59 Å². The summed E-state index contributed by atoms with van der Waals surface area (Å²) in [5.74, 6) is -0.000615. The van der Waals surface area contributed by atoms with E-state index in [-0.39, 0.29) is 17.7 Å². The van der Waals surface area contributed by atoms with Crippen LogP contribution < -0.4 is 15.5 Å². The highest BCUT2D eigenvalue weighted by molar-refractivity contribution is 5.88. The highest BCUT2D eigenvalue weighted by atomic mass is 16.2. The van der Waals surface area contributed by atoms with Gasteiger partial charge >= 0.3 is 0 Å². The molecule has 2 amide bonds. The van der Waals surface area contributed by atoms with Gasteiger partial charge in [0.25, 0.3) is 0 Å². The topological polar surface area (TPSA) is 64.7 Å². The van der Waals surface area contributed by atoms with Crippen LogP contribution in [0.2, 0.25) is 0 Å². The minimum Gasteiger partial charge on any atom is -0.369 e. The lowest BCUT2D eigenvalue weighted by molar-refractivity contribution is -0.129. The number of para-hydroxylation sites is 1. The third kappa shape index (κ3) is 7.38. The lowest BCUT2D eigenvalue weighted by Crippen LogP contribution is -2.47. The van der Waals surface area contributed by atoms with Crippen LogP contribution in [0.4, 0.5) is 5.69 Å². The number of rotatable bonds is 10. The van der Waals surface area contributed by atoms with Gasteiger partial charge in [0.2, 0.25) is 11.8 Å². The molecular weight excluding hydrogens is 400 g/mol. The molecule has 1 atom stereocenters. The second-order valence-electron chi connectivity index (χ2n) is 8.82. The number of benzene rings is 2. The second kappa shape index (κ2) is 12.2. The average molecular weight is 437 g/mol. The van der Waals surface area contributed by atoms with E-state index in [1.807, 2.05) is 50.2 Å². The minimum absolute atomic E-state index is 0.0970. The molecule has 0 aromatic heterocycles. The van der Waals surface area contributed by atoms with Crippen LogP contribution in [-0.2, 0) is 9.59 Å². The van der Waals surface area contributed by atoms with Crippen molar-refractivity contribution in [3.05, 3.63) is 66.2 Å². The van der Waals surface area contributed by atoms with Crippen molar-refractivity contribution in [3.8, 4) is 0 Å². The van der Waals surface area contributed by atoms with Gasteiger partial charge in [0.1, 0.15) is 6.04 Å². The predicted octanol–water partition coefficient (Wildman–Crippen LogP) is 3.22. The number of hydrogen-bond donors (Lipinski definition) is 2. The quantitative estimate of drug-likeness (QED) is 0.562. The molecule has 0 spiro atoms. The Balaban J connectivity index is 1.42. The normalized spacial score (nSPS) is 15.4. The Bertz CT molecular complexity index is 833. The summed E-state index contributed by atoms with van der Waals surface area (Å²) in [6.07, 6.45) is 1.30. The summed E-state index contributed by atoms with van der Waals surface area (Å²) in [6, 6.07) is 19.3. The minimum atomic E-state index is -0.656. The van der Waals surface area contributed by atoms with Crippen LogP contribution in [-0.4, -0.2) is 56.0 Å². The standard InChI is InChI=1S/C26H36N4O2/c1-21(2)20-24(31)28-25(22-10-5-3-6-11-22)26(32)27-14-9-15-29-16-18-30(19-17-29)23-12-7-4-8-13-23/h3-8,10-13,21,25H,9,14-20H2,1-2H3,(H,27,32)(H,28,31). The molecule has 3 rings (SSSR count). The smallest absolute Gasteiger partial charge is 0.247 e. The summed E-state index contributed by atoms with van der Waals surface area (Å²) >= 11 is 0. The summed E-state index contributed by atoms with van der Waals surface area (Å²) in [6.45, 7) is 9.65. The zero-order valence-corrected chi connectivity index (χ0v) is 19.3. The number of nitrogens with zero attached hydrogens (tertiary/aromatic N) is 2. The van der Waals surface area contributed by atoms with E-state index in [4.69, 9.17) is 0 Å². The van der Waals surface area contributed by atoms with Gasteiger partial charge in [-0.15, -0.1) is 0 Å². The first-order chi connectivity index (χ1) is 15.5. The molecule has 2 aromatic carbocycles. The Morgan fingerprint density at radius 2 is 1.53 bits per heavy atom. The van der Waals surface area contributed by atoms with Gasteiger partial charge < -0.3 is 15.5 Å². The number of carbonyl (C=O) groups is 2. The van der Waals surface area contributed by atoms with Crippen LogP contribution in [0, 0.1) is 5.92 Å². The number of hydrogen-bond acceptors (Lipinski definition) is 4. The Hall–Kier alpha value is -2.86.